The summed E-state index contributed by atoms with van der Waals surface area (Å²) in [6, 6.07) is 15.0. The molecule has 1 unspecified atom stereocenters. The van der Waals surface area contributed by atoms with E-state index in [0.29, 0.717) is 11.8 Å². The quantitative estimate of drug-likeness (QED) is 0.627. The van der Waals surface area contributed by atoms with Crippen molar-refractivity contribution in [1.82, 2.24) is 0 Å². The van der Waals surface area contributed by atoms with Crippen LogP contribution in [0.3, 0.4) is 0 Å². The predicted octanol–water partition coefficient (Wildman–Crippen LogP) is 5.75. The highest BCUT2D eigenvalue weighted by Gasteiger charge is 2.32. The van der Waals surface area contributed by atoms with Crippen molar-refractivity contribution in [3.05, 3.63) is 95.1 Å². The molecule has 1 heteroatoms. The minimum absolute atomic E-state index is 0.349. The Balaban J connectivity index is 1.93. The summed E-state index contributed by atoms with van der Waals surface area (Å²) in [6.07, 6.45) is 13.0. The Labute approximate surface area is 130 Å². The van der Waals surface area contributed by atoms with E-state index in [1.54, 1.807) is 0 Å². The van der Waals surface area contributed by atoms with Crippen molar-refractivity contribution < 1.29 is 0 Å². The zero-order valence-electron chi connectivity index (χ0n) is 11.5. The Morgan fingerprint density at radius 1 is 0.714 bits per heavy atom. The van der Waals surface area contributed by atoms with Gasteiger partial charge < -0.3 is 0 Å². The molecule has 2 aliphatic carbocycles. The number of hydrogen-bond donors (Lipinski definition) is 0. The molecule has 0 saturated carbocycles. The molecule has 0 aliphatic heterocycles. The maximum absolute atomic E-state index is 6.25. The van der Waals surface area contributed by atoms with E-state index in [2.05, 4.69) is 72.9 Å². The minimum atomic E-state index is 0.349. The molecular weight excluding hydrogens is 276 g/mol. The molecule has 21 heavy (non-hydrogen) atoms. The monoisotopic (exact) mass is 290 g/mol. The molecule has 0 bridgehead atoms. The lowest BCUT2D eigenvalue weighted by atomic mass is 9.84. The first-order valence-corrected chi connectivity index (χ1v) is 7.63. The van der Waals surface area contributed by atoms with Gasteiger partial charge in [-0.25, -0.2) is 0 Å². The fraction of sp³-hybridized carbons (Fsp3) is 0.100. The van der Waals surface area contributed by atoms with Crippen LogP contribution < -0.4 is 0 Å². The smallest absolute Gasteiger partial charge is 0.0409 e. The van der Waals surface area contributed by atoms with Gasteiger partial charge in [-0.05, 0) is 34.4 Å². The number of halogens is 1. The third-order valence-corrected chi connectivity index (χ3v) is 4.55. The topological polar surface area (TPSA) is 0 Å². The van der Waals surface area contributed by atoms with E-state index in [1.807, 2.05) is 6.07 Å². The highest BCUT2D eigenvalue weighted by atomic mass is 35.5. The largest absolute Gasteiger partial charge is 0.0843 e. The van der Waals surface area contributed by atoms with Gasteiger partial charge in [-0.1, -0.05) is 78.4 Å². The molecule has 2 aromatic carbocycles. The molecular formula is C20H15Cl. The number of fused-ring (bicyclic) bond motifs is 3. The summed E-state index contributed by atoms with van der Waals surface area (Å²) in [7, 11) is 0. The SMILES string of the molecule is Clc1ccc2c(c1)C(C1C=CC=CC=C1)c1ccccc1-2. The molecule has 0 N–H and O–H groups in total. The summed E-state index contributed by atoms with van der Waals surface area (Å²) in [6.45, 7) is 0. The molecule has 0 saturated heterocycles. The van der Waals surface area contributed by atoms with Gasteiger partial charge in [0.15, 0.2) is 0 Å². The first kappa shape index (κ1) is 12.7. The predicted molar refractivity (Wildman–Crippen MR) is 89.6 cm³/mol. The summed E-state index contributed by atoms with van der Waals surface area (Å²) < 4.78 is 0. The third kappa shape index (κ3) is 2.07. The van der Waals surface area contributed by atoms with Crippen LogP contribution in [-0.2, 0) is 0 Å². The van der Waals surface area contributed by atoms with Crippen LogP contribution in [0.5, 0.6) is 0 Å². The molecule has 0 spiro atoms. The highest BCUT2D eigenvalue weighted by molar-refractivity contribution is 6.30. The second kappa shape index (κ2) is 5.05. The van der Waals surface area contributed by atoms with Crippen LogP contribution in [0.25, 0.3) is 11.1 Å². The molecule has 2 aliphatic rings. The average molecular weight is 291 g/mol. The van der Waals surface area contributed by atoms with Gasteiger partial charge >= 0.3 is 0 Å². The van der Waals surface area contributed by atoms with Crippen LogP contribution in [-0.4, -0.2) is 0 Å². The van der Waals surface area contributed by atoms with Crippen LogP contribution >= 0.6 is 11.6 Å². The number of allylic oxidation sites excluding steroid dienone is 6. The molecule has 0 nitrogen and oxygen atoms in total. The lowest BCUT2D eigenvalue weighted by molar-refractivity contribution is 0.701. The van der Waals surface area contributed by atoms with Gasteiger partial charge in [0, 0.05) is 16.9 Å². The average Bonchev–Trinajstić information content (AvgIpc) is 2.66. The van der Waals surface area contributed by atoms with Crippen molar-refractivity contribution in [3.63, 3.8) is 0 Å². The lowest BCUT2D eigenvalue weighted by Gasteiger charge is -2.19. The Kier molecular flexibility index (Phi) is 3.05. The molecule has 102 valence electrons. The Hall–Kier alpha value is -2.05. The Bertz CT molecular complexity index is 764. The lowest BCUT2D eigenvalue weighted by Crippen LogP contribution is -2.07. The molecule has 4 rings (SSSR count). The number of rotatable bonds is 1. The van der Waals surface area contributed by atoms with Gasteiger partial charge in [-0.15, -0.1) is 0 Å². The van der Waals surface area contributed by atoms with E-state index in [9.17, 15) is 0 Å². The maximum atomic E-state index is 6.25. The van der Waals surface area contributed by atoms with Crippen molar-refractivity contribution >= 4 is 11.6 Å². The van der Waals surface area contributed by atoms with Crippen molar-refractivity contribution in [2.45, 2.75) is 5.92 Å². The molecule has 0 amide bonds. The van der Waals surface area contributed by atoms with Crippen molar-refractivity contribution in [2.75, 3.05) is 0 Å². The molecule has 0 fully saturated rings. The fourth-order valence-electron chi connectivity index (χ4n) is 3.43. The second-order valence-electron chi connectivity index (χ2n) is 5.53. The van der Waals surface area contributed by atoms with Gasteiger partial charge in [0.2, 0.25) is 0 Å². The first-order chi connectivity index (χ1) is 10.3. The Morgan fingerprint density at radius 2 is 1.43 bits per heavy atom. The molecule has 0 radical (unpaired) electrons. The van der Waals surface area contributed by atoms with E-state index >= 15 is 0 Å². The molecule has 0 heterocycles. The van der Waals surface area contributed by atoms with Crippen LogP contribution in [0.15, 0.2) is 78.9 Å². The number of benzene rings is 2. The van der Waals surface area contributed by atoms with Crippen LogP contribution in [0, 0.1) is 5.92 Å². The Morgan fingerprint density at radius 3 is 2.24 bits per heavy atom. The van der Waals surface area contributed by atoms with Crippen molar-refractivity contribution in [1.29, 1.82) is 0 Å². The number of hydrogen-bond acceptors (Lipinski definition) is 0. The van der Waals surface area contributed by atoms with Crippen LogP contribution in [0.4, 0.5) is 0 Å². The van der Waals surface area contributed by atoms with E-state index in [1.165, 1.54) is 22.3 Å². The normalized spacial score (nSPS) is 19.4. The van der Waals surface area contributed by atoms with Gasteiger partial charge in [0.05, 0.1) is 0 Å². The second-order valence-corrected chi connectivity index (χ2v) is 5.96. The highest BCUT2D eigenvalue weighted by Crippen LogP contribution is 2.49. The van der Waals surface area contributed by atoms with Gasteiger partial charge in [0.25, 0.3) is 0 Å². The van der Waals surface area contributed by atoms with Crippen LogP contribution in [0.1, 0.15) is 17.0 Å². The van der Waals surface area contributed by atoms with E-state index in [0.717, 1.165) is 5.02 Å². The summed E-state index contributed by atoms with van der Waals surface area (Å²) in [4.78, 5) is 0. The van der Waals surface area contributed by atoms with E-state index < -0.39 is 0 Å². The first-order valence-electron chi connectivity index (χ1n) is 7.25. The molecule has 0 aromatic heterocycles. The minimum Gasteiger partial charge on any atom is -0.0843 e. The summed E-state index contributed by atoms with van der Waals surface area (Å²) >= 11 is 6.25. The third-order valence-electron chi connectivity index (χ3n) is 4.32. The van der Waals surface area contributed by atoms with E-state index in [-0.39, 0.29) is 0 Å². The molecule has 2 aromatic rings. The van der Waals surface area contributed by atoms with Gasteiger partial charge in [0.1, 0.15) is 0 Å². The van der Waals surface area contributed by atoms with Gasteiger partial charge in [-0.2, -0.15) is 0 Å². The van der Waals surface area contributed by atoms with Crippen LogP contribution in [0.2, 0.25) is 5.02 Å². The fourth-order valence-corrected chi connectivity index (χ4v) is 3.61. The van der Waals surface area contributed by atoms with Crippen molar-refractivity contribution in [2.24, 2.45) is 5.92 Å². The van der Waals surface area contributed by atoms with E-state index in [4.69, 9.17) is 11.6 Å². The summed E-state index contributed by atoms with van der Waals surface area (Å²) in [5.41, 5.74) is 5.40. The van der Waals surface area contributed by atoms with Crippen molar-refractivity contribution in [3.8, 4) is 11.1 Å². The summed E-state index contributed by atoms with van der Waals surface area (Å²) in [5.74, 6) is 0.711. The zero-order valence-corrected chi connectivity index (χ0v) is 12.3. The van der Waals surface area contributed by atoms with Gasteiger partial charge in [-0.3, -0.25) is 0 Å². The zero-order chi connectivity index (χ0) is 14.2. The molecule has 1 atom stereocenters. The summed E-state index contributed by atoms with van der Waals surface area (Å²) in [5, 5.41) is 0.811. The maximum Gasteiger partial charge on any atom is 0.0409 e. The standard InChI is InChI=1S/C20H15Cl/c21-15-11-12-17-16-9-5-6-10-18(16)20(19(17)13-15)14-7-3-1-2-4-8-14/h1-14,20H.